The number of azo groups is 1. The van der Waals surface area contributed by atoms with Gasteiger partial charge < -0.3 is 4.90 Å². The fraction of sp³-hybridized carbons (Fsp3) is 0.267. The summed E-state index contributed by atoms with van der Waals surface area (Å²) < 4.78 is 0. The van der Waals surface area contributed by atoms with E-state index in [4.69, 9.17) is 0 Å². The van der Waals surface area contributed by atoms with Crippen molar-refractivity contribution in [1.82, 2.24) is 4.98 Å². The molecule has 0 aliphatic carbocycles. The molecule has 0 saturated carbocycles. The van der Waals surface area contributed by atoms with Crippen LogP contribution in [0.2, 0.25) is 0 Å². The molecule has 0 radical (unpaired) electrons. The molecule has 98 valence electrons. The lowest BCUT2D eigenvalue weighted by Gasteiger charge is -2.20. The second kappa shape index (κ2) is 6.64. The van der Waals surface area contributed by atoms with Crippen molar-refractivity contribution < 1.29 is 0 Å². The third-order valence-electron chi connectivity index (χ3n) is 2.90. The number of pyridine rings is 1. The molecule has 19 heavy (non-hydrogen) atoms. The van der Waals surface area contributed by atoms with E-state index in [1.807, 2.05) is 30.3 Å². The van der Waals surface area contributed by atoms with Crippen LogP contribution in [0.25, 0.3) is 0 Å². The summed E-state index contributed by atoms with van der Waals surface area (Å²) in [6.07, 6.45) is 1.71. The summed E-state index contributed by atoms with van der Waals surface area (Å²) >= 11 is 0. The summed E-state index contributed by atoms with van der Waals surface area (Å²) in [5, 5.41) is 8.26. The average Bonchev–Trinajstić information content (AvgIpc) is 2.49. The minimum absolute atomic E-state index is 0.621. The van der Waals surface area contributed by atoms with Gasteiger partial charge in [0.15, 0.2) is 5.82 Å². The van der Waals surface area contributed by atoms with Crippen LogP contribution >= 0.6 is 0 Å². The molecule has 0 fully saturated rings. The first-order chi connectivity index (χ1) is 9.33. The maximum Gasteiger partial charge on any atom is 0.174 e. The average molecular weight is 254 g/mol. The molecule has 2 rings (SSSR count). The van der Waals surface area contributed by atoms with E-state index in [0.29, 0.717) is 5.82 Å². The highest BCUT2D eigenvalue weighted by atomic mass is 15.1. The number of aromatic nitrogens is 1. The largest absolute Gasteiger partial charge is 0.372 e. The fourth-order valence-corrected chi connectivity index (χ4v) is 1.84. The first kappa shape index (κ1) is 13.2. The predicted molar refractivity (Wildman–Crippen MR) is 78.4 cm³/mol. The lowest BCUT2D eigenvalue weighted by molar-refractivity contribution is 0.866. The Morgan fingerprint density at radius 3 is 2.26 bits per heavy atom. The van der Waals surface area contributed by atoms with E-state index in [-0.39, 0.29) is 0 Å². The van der Waals surface area contributed by atoms with E-state index in [9.17, 15) is 0 Å². The lowest BCUT2D eigenvalue weighted by Crippen LogP contribution is -2.21. The number of hydrogen-bond acceptors (Lipinski definition) is 4. The molecule has 0 atom stereocenters. The monoisotopic (exact) mass is 254 g/mol. The van der Waals surface area contributed by atoms with Gasteiger partial charge in [0.2, 0.25) is 0 Å². The molecular weight excluding hydrogens is 236 g/mol. The molecule has 0 unspecified atom stereocenters. The van der Waals surface area contributed by atoms with E-state index in [0.717, 1.165) is 18.8 Å². The number of rotatable bonds is 5. The molecule has 0 bridgehead atoms. The Bertz CT molecular complexity index is 516. The molecule has 0 aliphatic heterocycles. The van der Waals surface area contributed by atoms with Crippen molar-refractivity contribution in [3.63, 3.8) is 0 Å². The first-order valence-electron chi connectivity index (χ1n) is 6.51. The van der Waals surface area contributed by atoms with Crippen molar-refractivity contribution in [1.29, 1.82) is 0 Å². The molecular formula is C15H18N4. The van der Waals surface area contributed by atoms with Crippen molar-refractivity contribution in [2.24, 2.45) is 10.2 Å². The van der Waals surface area contributed by atoms with Crippen molar-refractivity contribution in [3.8, 4) is 0 Å². The Labute approximate surface area is 113 Å². The molecule has 0 N–H and O–H groups in total. The number of benzene rings is 1. The van der Waals surface area contributed by atoms with Crippen LogP contribution in [0.4, 0.5) is 17.2 Å². The fourth-order valence-electron chi connectivity index (χ4n) is 1.84. The van der Waals surface area contributed by atoms with Crippen LogP contribution in [0.15, 0.2) is 58.9 Å². The topological polar surface area (TPSA) is 40.9 Å². The van der Waals surface area contributed by atoms with Crippen LogP contribution in [-0.2, 0) is 0 Å². The van der Waals surface area contributed by atoms with Gasteiger partial charge in [-0.2, -0.15) is 0 Å². The Morgan fingerprint density at radius 2 is 1.68 bits per heavy atom. The Balaban J connectivity index is 2.09. The summed E-state index contributed by atoms with van der Waals surface area (Å²) in [7, 11) is 0. The maximum atomic E-state index is 4.17. The zero-order chi connectivity index (χ0) is 13.5. The Morgan fingerprint density at radius 1 is 0.947 bits per heavy atom. The Kier molecular flexibility index (Phi) is 4.61. The van der Waals surface area contributed by atoms with E-state index < -0.39 is 0 Å². The molecule has 0 amide bonds. The SMILES string of the molecule is CCN(CC)c1ccc(N=Nc2ccccn2)cc1. The maximum absolute atomic E-state index is 4.17. The van der Waals surface area contributed by atoms with E-state index in [2.05, 4.69) is 46.1 Å². The van der Waals surface area contributed by atoms with Crippen LogP contribution in [0.3, 0.4) is 0 Å². The molecule has 1 aromatic heterocycles. The van der Waals surface area contributed by atoms with Crippen molar-refractivity contribution >= 4 is 17.2 Å². The summed E-state index contributed by atoms with van der Waals surface area (Å²) in [6, 6.07) is 13.7. The second-order valence-corrected chi connectivity index (χ2v) is 4.08. The highest BCUT2D eigenvalue weighted by Crippen LogP contribution is 2.21. The number of hydrogen-bond donors (Lipinski definition) is 0. The van der Waals surface area contributed by atoms with Crippen LogP contribution in [-0.4, -0.2) is 18.1 Å². The minimum atomic E-state index is 0.621. The van der Waals surface area contributed by atoms with Gasteiger partial charge in [-0.05, 0) is 50.2 Å². The van der Waals surface area contributed by atoms with Gasteiger partial charge in [-0.15, -0.1) is 10.2 Å². The van der Waals surface area contributed by atoms with Crippen LogP contribution in [0.5, 0.6) is 0 Å². The number of anilines is 1. The van der Waals surface area contributed by atoms with Crippen molar-refractivity contribution in [2.75, 3.05) is 18.0 Å². The van der Waals surface area contributed by atoms with Crippen molar-refractivity contribution in [3.05, 3.63) is 48.7 Å². The molecule has 1 heterocycles. The molecule has 0 aliphatic rings. The van der Waals surface area contributed by atoms with Gasteiger partial charge in [0, 0.05) is 25.0 Å². The third-order valence-corrected chi connectivity index (χ3v) is 2.90. The molecule has 4 heteroatoms. The van der Waals surface area contributed by atoms with E-state index >= 15 is 0 Å². The highest BCUT2D eigenvalue weighted by Gasteiger charge is 2.00. The lowest BCUT2D eigenvalue weighted by atomic mass is 10.2. The van der Waals surface area contributed by atoms with Gasteiger partial charge in [0.25, 0.3) is 0 Å². The van der Waals surface area contributed by atoms with Gasteiger partial charge >= 0.3 is 0 Å². The van der Waals surface area contributed by atoms with Gasteiger partial charge in [0.05, 0.1) is 5.69 Å². The quantitative estimate of drug-likeness (QED) is 0.744. The molecule has 1 aromatic carbocycles. The third kappa shape index (κ3) is 3.61. The van der Waals surface area contributed by atoms with E-state index in [1.165, 1.54) is 5.69 Å². The summed E-state index contributed by atoms with van der Waals surface area (Å²) in [6.45, 7) is 6.31. The predicted octanol–water partition coefficient (Wildman–Crippen LogP) is 4.34. The summed E-state index contributed by atoms with van der Waals surface area (Å²) in [5.41, 5.74) is 2.04. The van der Waals surface area contributed by atoms with Gasteiger partial charge in [-0.25, -0.2) is 4.98 Å². The highest BCUT2D eigenvalue weighted by molar-refractivity contribution is 5.52. The van der Waals surface area contributed by atoms with Crippen LogP contribution < -0.4 is 4.90 Å². The summed E-state index contributed by atoms with van der Waals surface area (Å²) in [4.78, 5) is 6.39. The van der Waals surface area contributed by atoms with Gasteiger partial charge in [-0.3, -0.25) is 0 Å². The second-order valence-electron chi connectivity index (χ2n) is 4.08. The standard InChI is InChI=1S/C15H18N4/c1-3-19(4-2)14-10-8-13(9-11-14)17-18-15-7-5-6-12-16-15/h5-12H,3-4H2,1-2H3. The summed E-state index contributed by atoms with van der Waals surface area (Å²) in [5.74, 6) is 0.621. The smallest absolute Gasteiger partial charge is 0.174 e. The van der Waals surface area contributed by atoms with Gasteiger partial charge in [0.1, 0.15) is 0 Å². The van der Waals surface area contributed by atoms with Crippen LogP contribution in [0.1, 0.15) is 13.8 Å². The number of nitrogens with zero attached hydrogens (tertiary/aromatic N) is 4. The zero-order valence-electron chi connectivity index (χ0n) is 11.3. The van der Waals surface area contributed by atoms with E-state index in [1.54, 1.807) is 6.20 Å². The minimum Gasteiger partial charge on any atom is -0.372 e. The molecule has 4 nitrogen and oxygen atoms in total. The zero-order valence-corrected chi connectivity index (χ0v) is 11.3. The van der Waals surface area contributed by atoms with Gasteiger partial charge in [-0.1, -0.05) is 6.07 Å². The molecule has 2 aromatic rings. The normalized spacial score (nSPS) is 10.8. The molecule has 0 saturated heterocycles. The molecule has 0 spiro atoms. The van der Waals surface area contributed by atoms with Crippen LogP contribution in [0, 0.1) is 0 Å². The Hall–Kier alpha value is -2.23. The van der Waals surface area contributed by atoms with Crippen molar-refractivity contribution in [2.45, 2.75) is 13.8 Å². The first-order valence-corrected chi connectivity index (χ1v) is 6.51.